The topological polar surface area (TPSA) is 80.8 Å². The molecule has 2 heterocycles. The normalized spacial score (nSPS) is 14.0. The minimum Gasteiger partial charge on any atom is -0.495 e. The third-order valence-electron chi connectivity index (χ3n) is 6.65. The first-order chi connectivity index (χ1) is 18.4. The van der Waals surface area contributed by atoms with Gasteiger partial charge in [0.25, 0.3) is 5.91 Å². The number of rotatable bonds is 7. The molecule has 1 aliphatic rings. The minimum atomic E-state index is -1.06. The molecule has 38 heavy (non-hydrogen) atoms. The molecule has 0 saturated carbocycles. The van der Waals surface area contributed by atoms with E-state index in [1.165, 1.54) is 12.7 Å². The lowest BCUT2D eigenvalue weighted by molar-refractivity contribution is -0.123. The van der Waals surface area contributed by atoms with Crippen LogP contribution in [0.5, 0.6) is 5.75 Å². The molecule has 7 nitrogen and oxygen atoms in total. The third-order valence-corrected chi connectivity index (χ3v) is 6.89. The smallest absolute Gasteiger partial charge is 0.339 e. The van der Waals surface area contributed by atoms with Crippen molar-refractivity contribution < 1.29 is 19.1 Å². The van der Waals surface area contributed by atoms with Gasteiger partial charge in [0.05, 0.1) is 23.9 Å². The molecule has 1 aliphatic heterocycles. The lowest BCUT2D eigenvalue weighted by Crippen LogP contribution is -2.34. The summed E-state index contributed by atoms with van der Waals surface area (Å²) in [6, 6.07) is 22.7. The van der Waals surface area contributed by atoms with Crippen molar-refractivity contribution in [2.24, 2.45) is 0 Å². The number of nitrogens with one attached hydrogen (secondary N) is 1. The Hall–Kier alpha value is -3.94. The van der Waals surface area contributed by atoms with Gasteiger partial charge in [-0.3, -0.25) is 14.7 Å². The maximum absolute atomic E-state index is 13.6. The number of nitrogens with zero attached hydrogens (tertiary/aromatic N) is 2. The largest absolute Gasteiger partial charge is 0.495 e. The Morgan fingerprint density at radius 1 is 1.08 bits per heavy atom. The molecule has 3 aromatic carbocycles. The number of carbonyl (C=O) groups is 2. The highest BCUT2D eigenvalue weighted by atomic mass is 35.5. The molecule has 0 radical (unpaired) electrons. The molecule has 8 heteroatoms. The number of carbonyl (C=O) groups excluding carboxylic acids is 2. The second-order valence-electron chi connectivity index (χ2n) is 9.26. The maximum Gasteiger partial charge on any atom is 0.339 e. The maximum atomic E-state index is 13.6. The first-order valence-corrected chi connectivity index (χ1v) is 12.8. The number of fused-ring (bicyclic) bond motifs is 2. The van der Waals surface area contributed by atoms with E-state index in [9.17, 15) is 9.59 Å². The molecule has 1 atom stereocenters. The van der Waals surface area contributed by atoms with Crippen molar-refractivity contribution in [3.05, 3.63) is 100 Å². The number of hydrogen-bond acceptors (Lipinski definition) is 6. The number of benzene rings is 3. The van der Waals surface area contributed by atoms with Gasteiger partial charge in [-0.2, -0.15) is 0 Å². The molecule has 1 unspecified atom stereocenters. The van der Waals surface area contributed by atoms with E-state index in [0.717, 1.165) is 36.3 Å². The predicted molar refractivity (Wildman–Crippen MR) is 148 cm³/mol. The zero-order valence-corrected chi connectivity index (χ0v) is 22.0. The molecular weight excluding hydrogens is 502 g/mol. The summed E-state index contributed by atoms with van der Waals surface area (Å²) < 4.78 is 11.0. The molecule has 1 aromatic heterocycles. The second kappa shape index (κ2) is 11.2. The van der Waals surface area contributed by atoms with Crippen LogP contribution in [0.2, 0.25) is 5.02 Å². The monoisotopic (exact) mass is 529 g/mol. The highest BCUT2D eigenvalue weighted by Gasteiger charge is 2.29. The molecule has 194 valence electrons. The van der Waals surface area contributed by atoms with Gasteiger partial charge in [-0.1, -0.05) is 60.1 Å². The summed E-state index contributed by atoms with van der Waals surface area (Å²) in [5.74, 6) is -0.590. The molecule has 0 fully saturated rings. The summed E-state index contributed by atoms with van der Waals surface area (Å²) >= 11 is 6.08. The SMILES string of the molecule is COc1ccc(Cl)cc1NC(=O)C(C)OC(=O)c1c2c(nc3ccccc13)CCN(Cc1ccccc1)C2. The van der Waals surface area contributed by atoms with E-state index in [0.29, 0.717) is 34.0 Å². The summed E-state index contributed by atoms with van der Waals surface area (Å²) in [5, 5.41) is 3.90. The summed E-state index contributed by atoms with van der Waals surface area (Å²) in [5.41, 5.74) is 4.53. The molecule has 4 aromatic rings. The molecule has 1 N–H and O–H groups in total. The Kier molecular flexibility index (Phi) is 7.58. The van der Waals surface area contributed by atoms with Gasteiger partial charge in [-0.15, -0.1) is 0 Å². The standard InChI is InChI=1S/C30H28ClN3O4/c1-19(29(35)33-26-16-21(31)12-13-27(26)37-2)38-30(36)28-22-10-6-7-11-24(22)32-25-14-15-34(18-23(25)28)17-20-8-4-3-5-9-20/h3-13,16,19H,14-15,17-18H2,1-2H3,(H,33,35). The number of anilines is 1. The van der Waals surface area contributed by atoms with Crippen LogP contribution in [0.4, 0.5) is 5.69 Å². The predicted octanol–water partition coefficient (Wildman–Crippen LogP) is 5.64. The number of halogens is 1. The molecule has 0 aliphatic carbocycles. The Labute approximate surface area is 226 Å². The van der Waals surface area contributed by atoms with E-state index in [2.05, 4.69) is 22.3 Å². The number of ether oxygens (including phenoxy) is 2. The van der Waals surface area contributed by atoms with Gasteiger partial charge in [0.1, 0.15) is 5.75 Å². The number of hydrogen-bond donors (Lipinski definition) is 1. The summed E-state index contributed by atoms with van der Waals surface area (Å²) in [6.45, 7) is 3.71. The molecule has 0 saturated heterocycles. The van der Waals surface area contributed by atoms with Gasteiger partial charge in [-0.25, -0.2) is 4.79 Å². The Morgan fingerprint density at radius 3 is 2.63 bits per heavy atom. The van der Waals surface area contributed by atoms with E-state index in [1.807, 2.05) is 42.5 Å². The summed E-state index contributed by atoms with van der Waals surface area (Å²) in [6.07, 6.45) is -0.337. The Bertz CT molecular complexity index is 1490. The quantitative estimate of drug-likeness (QED) is 0.312. The van der Waals surface area contributed by atoms with Crippen molar-refractivity contribution >= 4 is 40.1 Å². The third kappa shape index (κ3) is 5.49. The number of para-hydroxylation sites is 1. The lowest BCUT2D eigenvalue weighted by atomic mass is 9.95. The van der Waals surface area contributed by atoms with Crippen LogP contribution in [-0.4, -0.2) is 41.5 Å². The van der Waals surface area contributed by atoms with Gasteiger partial charge >= 0.3 is 5.97 Å². The van der Waals surface area contributed by atoms with Crippen molar-refractivity contribution in [1.29, 1.82) is 0 Å². The van der Waals surface area contributed by atoms with E-state index in [-0.39, 0.29) is 0 Å². The lowest BCUT2D eigenvalue weighted by Gasteiger charge is -2.30. The van der Waals surface area contributed by atoms with Crippen molar-refractivity contribution in [2.75, 3.05) is 19.0 Å². The van der Waals surface area contributed by atoms with Crippen LogP contribution in [0.3, 0.4) is 0 Å². The van der Waals surface area contributed by atoms with Crippen molar-refractivity contribution in [3.63, 3.8) is 0 Å². The summed E-state index contributed by atoms with van der Waals surface area (Å²) in [7, 11) is 1.50. The molecular formula is C30H28ClN3O4. The van der Waals surface area contributed by atoms with Crippen LogP contribution in [0.1, 0.15) is 34.1 Å². The minimum absolute atomic E-state index is 0.399. The highest BCUT2D eigenvalue weighted by Crippen LogP contribution is 2.31. The molecule has 0 spiro atoms. The van der Waals surface area contributed by atoms with Crippen molar-refractivity contribution in [1.82, 2.24) is 9.88 Å². The molecule has 1 amide bonds. The second-order valence-corrected chi connectivity index (χ2v) is 9.69. The van der Waals surface area contributed by atoms with Gasteiger partial charge in [0.2, 0.25) is 0 Å². The van der Waals surface area contributed by atoms with Crippen molar-refractivity contribution in [2.45, 2.75) is 32.5 Å². The Balaban J connectivity index is 1.41. The van der Waals surface area contributed by atoms with Crippen LogP contribution >= 0.6 is 11.6 Å². The fourth-order valence-electron chi connectivity index (χ4n) is 4.74. The van der Waals surface area contributed by atoms with E-state index in [1.54, 1.807) is 25.1 Å². The fourth-order valence-corrected chi connectivity index (χ4v) is 4.91. The van der Waals surface area contributed by atoms with Gasteiger partial charge in [-0.05, 0) is 36.8 Å². The first kappa shape index (κ1) is 25.7. The number of pyridine rings is 1. The molecule has 5 rings (SSSR count). The van der Waals surface area contributed by atoms with E-state index in [4.69, 9.17) is 26.1 Å². The van der Waals surface area contributed by atoms with Crippen LogP contribution in [0, 0.1) is 0 Å². The van der Waals surface area contributed by atoms with Crippen molar-refractivity contribution in [3.8, 4) is 5.75 Å². The van der Waals surface area contributed by atoms with Gasteiger partial charge in [0, 0.05) is 47.7 Å². The number of aromatic nitrogens is 1. The first-order valence-electron chi connectivity index (χ1n) is 12.4. The van der Waals surface area contributed by atoms with Gasteiger partial charge < -0.3 is 14.8 Å². The zero-order chi connectivity index (χ0) is 26.6. The van der Waals surface area contributed by atoms with E-state index >= 15 is 0 Å². The average Bonchev–Trinajstić information content (AvgIpc) is 2.92. The number of amides is 1. The fraction of sp³-hybridized carbons (Fsp3) is 0.233. The van der Waals surface area contributed by atoms with Crippen LogP contribution in [0.25, 0.3) is 10.9 Å². The Morgan fingerprint density at radius 2 is 1.84 bits per heavy atom. The zero-order valence-electron chi connectivity index (χ0n) is 21.2. The van der Waals surface area contributed by atoms with Crippen LogP contribution in [-0.2, 0) is 29.0 Å². The average molecular weight is 530 g/mol. The summed E-state index contributed by atoms with van der Waals surface area (Å²) in [4.78, 5) is 33.8. The number of esters is 1. The molecule has 0 bridgehead atoms. The van der Waals surface area contributed by atoms with Crippen LogP contribution < -0.4 is 10.1 Å². The van der Waals surface area contributed by atoms with E-state index < -0.39 is 18.0 Å². The van der Waals surface area contributed by atoms with Crippen LogP contribution in [0.15, 0.2) is 72.8 Å². The number of methoxy groups -OCH3 is 1. The van der Waals surface area contributed by atoms with Gasteiger partial charge in [0.15, 0.2) is 6.10 Å². The highest BCUT2D eigenvalue weighted by molar-refractivity contribution is 6.31.